The Balaban J connectivity index is 1.34. The number of carbonyl (C=O) groups excluding carboxylic acids is 4. The Hall–Kier alpha value is -4.60. The van der Waals surface area contributed by atoms with Gasteiger partial charge in [-0.2, -0.15) is 4.80 Å². The van der Waals surface area contributed by atoms with E-state index < -0.39 is 74.1 Å². The average molecular weight is 737 g/mol. The normalized spacial score (nSPS) is 28.5. The van der Waals surface area contributed by atoms with Gasteiger partial charge in [-0.25, -0.2) is 13.2 Å². The van der Waals surface area contributed by atoms with E-state index in [0.29, 0.717) is 18.7 Å². The summed E-state index contributed by atoms with van der Waals surface area (Å²) in [6.07, 6.45) is 7.42. The minimum absolute atomic E-state index is 0.00796. The van der Waals surface area contributed by atoms with Gasteiger partial charge >= 0.3 is 6.09 Å². The van der Waals surface area contributed by atoms with E-state index in [2.05, 4.69) is 43.4 Å². The zero-order valence-corrected chi connectivity index (χ0v) is 31.1. The number of tetrazole rings is 1. The van der Waals surface area contributed by atoms with Gasteiger partial charge < -0.3 is 20.3 Å². The second kappa shape index (κ2) is 13.7. The van der Waals surface area contributed by atoms with Crippen molar-refractivity contribution in [2.45, 2.75) is 102 Å². The van der Waals surface area contributed by atoms with E-state index in [1.807, 2.05) is 44.2 Å². The Labute approximate surface area is 304 Å². The molecule has 6 rings (SSSR count). The molecule has 15 nitrogen and oxygen atoms in total. The van der Waals surface area contributed by atoms with E-state index in [1.165, 1.54) is 15.8 Å². The Kier molecular flexibility index (Phi) is 9.83. The van der Waals surface area contributed by atoms with Gasteiger partial charge in [-0.1, -0.05) is 71.0 Å². The molecule has 1 saturated heterocycles. The van der Waals surface area contributed by atoms with Gasteiger partial charge in [-0.3, -0.25) is 19.1 Å². The molecule has 2 aliphatic carbocycles. The monoisotopic (exact) mass is 736 g/mol. The van der Waals surface area contributed by atoms with Crippen molar-refractivity contribution in [3.63, 3.8) is 0 Å². The van der Waals surface area contributed by atoms with Gasteiger partial charge in [0.2, 0.25) is 27.7 Å². The van der Waals surface area contributed by atoms with Crippen molar-refractivity contribution >= 4 is 39.9 Å². The number of ether oxygens (including phenoxy) is 1. The predicted molar refractivity (Wildman–Crippen MR) is 191 cm³/mol. The zero-order valence-electron chi connectivity index (χ0n) is 30.3. The summed E-state index contributed by atoms with van der Waals surface area (Å²) in [6.45, 7) is 13.3. The van der Waals surface area contributed by atoms with Crippen molar-refractivity contribution in [2.75, 3.05) is 13.2 Å². The summed E-state index contributed by atoms with van der Waals surface area (Å²) in [5.74, 6) is -2.18. The van der Waals surface area contributed by atoms with E-state index in [0.717, 1.165) is 24.0 Å². The minimum atomic E-state index is -3.89. The number of amides is 4. The molecular weight excluding hydrogens is 689 g/mol. The molecule has 280 valence electrons. The Morgan fingerprint density at radius 1 is 1.17 bits per heavy atom. The summed E-state index contributed by atoms with van der Waals surface area (Å²) < 4.78 is 33.2. The molecule has 4 amide bonds. The van der Waals surface area contributed by atoms with Gasteiger partial charge in [0.25, 0.3) is 5.91 Å². The zero-order chi connectivity index (χ0) is 37.6. The topological polar surface area (TPSA) is 195 Å². The fraction of sp³-hybridized carbons (Fsp3) is 0.583. The van der Waals surface area contributed by atoms with Gasteiger partial charge in [-0.05, 0) is 59.8 Å². The number of aromatic nitrogens is 4. The van der Waals surface area contributed by atoms with Crippen molar-refractivity contribution in [3.8, 4) is 11.4 Å². The minimum Gasteiger partial charge on any atom is -0.449 e. The summed E-state index contributed by atoms with van der Waals surface area (Å²) >= 11 is 0. The molecule has 6 bridgehead atoms. The standard InChI is InChI=1S/C36H48N8O7S/c1-7-24-19-36(24,32(47)41-52(49,50)26-14-15-26)38-30(45)27-18-25-20-43(27)31(46)28(34(2,3)4)37-33(48)51-21-35(5,6)16-9-8-11-22-12-10-13-23(17-22)29-39-42-44(25)40-29/h7-8,10-13,17,24-28H,1,9,14-16,18-21H2,2-6H3,(H,37,48)(H,38,45)(H,41,47)/b11-8-/t24-,25-,27+,28-,36-/m1/s1. The highest BCUT2D eigenvalue weighted by molar-refractivity contribution is 7.91. The van der Waals surface area contributed by atoms with Gasteiger partial charge in [0.15, 0.2) is 0 Å². The summed E-state index contributed by atoms with van der Waals surface area (Å²) in [5.41, 5.74) is -1.02. The summed E-state index contributed by atoms with van der Waals surface area (Å²) in [5, 5.41) is 18.1. The Bertz CT molecular complexity index is 1900. The second-order valence-electron chi connectivity index (χ2n) is 16.3. The maximum Gasteiger partial charge on any atom is 0.407 e. The molecule has 2 saturated carbocycles. The highest BCUT2D eigenvalue weighted by atomic mass is 32.2. The highest BCUT2D eigenvalue weighted by Crippen LogP contribution is 2.46. The van der Waals surface area contributed by atoms with Crippen molar-refractivity contribution in [2.24, 2.45) is 16.7 Å². The quantitative estimate of drug-likeness (QED) is 0.371. The first-order valence-corrected chi connectivity index (χ1v) is 19.3. The molecule has 4 aliphatic rings. The molecule has 0 spiro atoms. The number of benzene rings is 1. The van der Waals surface area contributed by atoms with Gasteiger partial charge in [-0.15, -0.1) is 16.8 Å². The van der Waals surface area contributed by atoms with Crippen LogP contribution < -0.4 is 15.4 Å². The van der Waals surface area contributed by atoms with Crippen LogP contribution in [0.25, 0.3) is 17.5 Å². The van der Waals surface area contributed by atoms with Gasteiger partial charge in [0.1, 0.15) is 17.6 Å². The van der Waals surface area contributed by atoms with Crippen LogP contribution >= 0.6 is 0 Å². The van der Waals surface area contributed by atoms with Crippen molar-refractivity contribution in [3.05, 3.63) is 48.6 Å². The summed E-state index contributed by atoms with van der Waals surface area (Å²) in [4.78, 5) is 58.2. The number of alkyl carbamates (subject to hydrolysis) is 1. The lowest BCUT2D eigenvalue weighted by atomic mass is 9.85. The third-order valence-corrected chi connectivity index (χ3v) is 12.1. The number of hydrogen-bond donors (Lipinski definition) is 3. The fourth-order valence-corrected chi connectivity index (χ4v) is 8.13. The lowest BCUT2D eigenvalue weighted by Crippen LogP contribution is -2.60. The van der Waals surface area contributed by atoms with Crippen LogP contribution in [0.15, 0.2) is 43.0 Å². The predicted octanol–water partition coefficient (Wildman–Crippen LogP) is 3.13. The molecule has 3 fully saturated rings. The van der Waals surface area contributed by atoms with Crippen LogP contribution in [0.5, 0.6) is 0 Å². The van der Waals surface area contributed by atoms with Crippen molar-refractivity contribution in [1.29, 1.82) is 0 Å². The largest absolute Gasteiger partial charge is 0.449 e. The number of allylic oxidation sites excluding steroid dienone is 1. The smallest absolute Gasteiger partial charge is 0.407 e. The number of sulfonamides is 1. The maximum absolute atomic E-state index is 14.5. The lowest BCUT2D eigenvalue weighted by Gasteiger charge is -2.35. The number of rotatable bonds is 6. The van der Waals surface area contributed by atoms with Gasteiger partial charge in [0, 0.05) is 24.4 Å². The Morgan fingerprint density at radius 3 is 2.60 bits per heavy atom. The molecule has 2 aliphatic heterocycles. The van der Waals surface area contributed by atoms with E-state index in [4.69, 9.17) is 4.74 Å². The number of nitrogens with zero attached hydrogens (tertiary/aromatic N) is 5. The summed E-state index contributed by atoms with van der Waals surface area (Å²) in [6, 6.07) is 4.86. The number of hydrogen-bond acceptors (Lipinski definition) is 10. The molecule has 16 heteroatoms. The van der Waals surface area contributed by atoms with Crippen LogP contribution in [0.1, 0.15) is 84.7 Å². The lowest BCUT2D eigenvalue weighted by molar-refractivity contribution is -0.142. The van der Waals surface area contributed by atoms with Crippen LogP contribution in [0.2, 0.25) is 0 Å². The molecular formula is C36H48N8O7S. The van der Waals surface area contributed by atoms with Crippen LogP contribution in [-0.2, 0) is 29.1 Å². The average Bonchev–Trinajstić information content (AvgIpc) is 3.96. The Morgan fingerprint density at radius 2 is 1.92 bits per heavy atom. The first kappa shape index (κ1) is 37.2. The molecule has 1 aromatic heterocycles. The molecule has 0 radical (unpaired) electrons. The van der Waals surface area contributed by atoms with Crippen molar-refractivity contribution < 1.29 is 32.3 Å². The first-order valence-electron chi connectivity index (χ1n) is 17.7. The number of cyclic esters (lactones) is 1. The molecule has 52 heavy (non-hydrogen) atoms. The number of fused-ring (bicyclic) bond motifs is 8. The molecule has 3 heterocycles. The molecule has 1 aromatic carbocycles. The number of carbonyl (C=O) groups is 4. The van der Waals surface area contributed by atoms with E-state index in [9.17, 15) is 27.6 Å². The van der Waals surface area contributed by atoms with E-state index in [1.54, 1.807) is 20.8 Å². The fourth-order valence-electron chi connectivity index (χ4n) is 6.77. The van der Waals surface area contributed by atoms with Crippen LogP contribution in [-0.4, -0.2) is 93.4 Å². The third kappa shape index (κ3) is 7.91. The van der Waals surface area contributed by atoms with Crippen LogP contribution in [0, 0.1) is 16.7 Å². The molecule has 3 N–H and O–H groups in total. The molecule has 0 unspecified atom stereocenters. The SMILES string of the molecule is C=C[C@@H]1C[C@]1(NC(=O)[C@@H]1C[C@@H]2CN1C(=O)[C@H](C(C)(C)C)NC(=O)OCC(C)(C)CC/C=C\c1cccc(c1)-c1nnn2n1)C(=O)NS(=O)(=O)C1CC1. The van der Waals surface area contributed by atoms with Crippen LogP contribution in [0.4, 0.5) is 4.79 Å². The van der Waals surface area contributed by atoms with E-state index >= 15 is 0 Å². The molecule has 5 atom stereocenters. The summed E-state index contributed by atoms with van der Waals surface area (Å²) in [7, 11) is -3.89. The van der Waals surface area contributed by atoms with E-state index in [-0.39, 0.29) is 31.4 Å². The molecule has 2 aromatic rings. The second-order valence-corrected chi connectivity index (χ2v) is 18.2. The van der Waals surface area contributed by atoms with Crippen molar-refractivity contribution in [1.82, 2.24) is 40.5 Å². The van der Waals surface area contributed by atoms with Crippen LogP contribution in [0.3, 0.4) is 0 Å². The first-order chi connectivity index (χ1) is 24.4. The van der Waals surface area contributed by atoms with Gasteiger partial charge in [0.05, 0.1) is 17.9 Å². The maximum atomic E-state index is 14.5. The number of nitrogens with one attached hydrogen (secondary N) is 3. The third-order valence-electron chi connectivity index (χ3n) is 10.3. The highest BCUT2D eigenvalue weighted by Gasteiger charge is 2.62.